The van der Waals surface area contributed by atoms with Crippen molar-refractivity contribution in [3.05, 3.63) is 53.4 Å². The van der Waals surface area contributed by atoms with Crippen molar-refractivity contribution in [3.63, 3.8) is 0 Å². The molecule has 0 amide bonds. The summed E-state index contributed by atoms with van der Waals surface area (Å²) in [6, 6.07) is 7.73. The highest BCUT2D eigenvalue weighted by Crippen LogP contribution is 2.55. The zero-order chi connectivity index (χ0) is 14.7. The molecule has 0 saturated heterocycles. The molecule has 20 heavy (non-hydrogen) atoms. The molecule has 1 aliphatic rings. The van der Waals surface area contributed by atoms with Crippen molar-refractivity contribution in [1.29, 1.82) is 0 Å². The summed E-state index contributed by atoms with van der Waals surface area (Å²) in [6.45, 7) is 0. The highest BCUT2D eigenvalue weighted by molar-refractivity contribution is 5.88. The van der Waals surface area contributed by atoms with E-state index in [0.29, 0.717) is 5.39 Å². The second kappa shape index (κ2) is 3.77. The first kappa shape index (κ1) is 13.0. The molecule has 0 aromatic heterocycles. The van der Waals surface area contributed by atoms with Crippen LogP contribution in [-0.2, 0) is 5.92 Å². The van der Waals surface area contributed by atoms with Crippen molar-refractivity contribution < 1.29 is 26.3 Å². The van der Waals surface area contributed by atoms with Crippen molar-refractivity contribution in [2.75, 3.05) is 0 Å². The topological polar surface area (TPSA) is 0 Å². The molecule has 0 spiro atoms. The first-order chi connectivity index (χ1) is 9.26. The molecule has 0 heterocycles. The van der Waals surface area contributed by atoms with Crippen LogP contribution in [0.25, 0.3) is 16.6 Å². The van der Waals surface area contributed by atoms with Crippen molar-refractivity contribution in [3.8, 4) is 0 Å². The molecular weight excluding hydrogens is 282 g/mol. The quantitative estimate of drug-likeness (QED) is 0.585. The lowest BCUT2D eigenvalue weighted by molar-refractivity contribution is -0.204. The zero-order valence-electron chi connectivity index (χ0n) is 9.73. The van der Waals surface area contributed by atoms with E-state index in [1.807, 2.05) is 0 Å². The maximum absolute atomic E-state index is 13.7. The number of rotatable bonds is 0. The minimum Gasteiger partial charge on any atom is -0.203 e. The Morgan fingerprint density at radius 2 is 1.30 bits per heavy atom. The summed E-state index contributed by atoms with van der Waals surface area (Å²) in [5.41, 5.74) is -2.04. The van der Waals surface area contributed by atoms with Crippen molar-refractivity contribution in [1.82, 2.24) is 0 Å². The molecule has 0 radical (unpaired) electrons. The summed E-state index contributed by atoms with van der Waals surface area (Å²) in [7, 11) is 0. The van der Waals surface area contributed by atoms with E-state index in [2.05, 4.69) is 0 Å². The van der Waals surface area contributed by atoms with Gasteiger partial charge in [-0.25, -0.2) is 8.78 Å². The monoisotopic (exact) mass is 288 g/mol. The lowest BCUT2D eigenvalue weighted by atomic mass is 9.87. The van der Waals surface area contributed by atoms with Gasteiger partial charge in [0, 0.05) is 11.1 Å². The molecule has 0 bridgehead atoms. The Morgan fingerprint density at radius 1 is 0.750 bits per heavy atom. The Morgan fingerprint density at radius 3 is 1.90 bits per heavy atom. The summed E-state index contributed by atoms with van der Waals surface area (Å²) in [6.07, 6.45) is 0. The Bertz CT molecular complexity index is 744. The van der Waals surface area contributed by atoms with Gasteiger partial charge in [-0.3, -0.25) is 0 Å². The molecule has 0 atom stereocenters. The van der Waals surface area contributed by atoms with Crippen LogP contribution < -0.4 is 0 Å². The smallest absolute Gasteiger partial charge is 0.203 e. The Balaban J connectivity index is 2.43. The molecule has 0 nitrogen and oxygen atoms in total. The second-order valence-corrected chi connectivity index (χ2v) is 4.52. The molecule has 0 N–H and O–H groups in total. The maximum Gasteiger partial charge on any atom is 0.368 e. The van der Waals surface area contributed by atoms with Gasteiger partial charge in [0.05, 0.1) is 0 Å². The fourth-order valence-corrected chi connectivity index (χ4v) is 2.24. The molecule has 0 aliphatic heterocycles. The van der Waals surface area contributed by atoms with Crippen molar-refractivity contribution in [2.24, 2.45) is 0 Å². The number of hydrogen-bond acceptors (Lipinski definition) is 0. The Labute approximate surface area is 109 Å². The van der Waals surface area contributed by atoms with E-state index in [-0.39, 0.29) is 5.39 Å². The molecule has 0 fully saturated rings. The van der Waals surface area contributed by atoms with E-state index < -0.39 is 34.6 Å². The van der Waals surface area contributed by atoms with Gasteiger partial charge >= 0.3 is 11.8 Å². The Hall–Kier alpha value is -1.98. The number of halogens is 6. The highest BCUT2D eigenvalue weighted by Gasteiger charge is 2.65. The summed E-state index contributed by atoms with van der Waals surface area (Å²) >= 11 is 0. The fourth-order valence-electron chi connectivity index (χ4n) is 2.24. The number of fused-ring (bicyclic) bond motifs is 2. The lowest BCUT2D eigenvalue weighted by Gasteiger charge is -2.31. The van der Waals surface area contributed by atoms with E-state index in [1.165, 1.54) is 18.2 Å². The Kier molecular flexibility index (Phi) is 2.46. The largest absolute Gasteiger partial charge is 0.368 e. The molecular formula is C14H6F6. The van der Waals surface area contributed by atoms with Gasteiger partial charge in [0.2, 0.25) is 5.83 Å². The zero-order valence-corrected chi connectivity index (χ0v) is 9.73. The van der Waals surface area contributed by atoms with Gasteiger partial charge in [0.25, 0.3) is 0 Å². The van der Waals surface area contributed by atoms with E-state index >= 15 is 0 Å². The predicted octanol–water partition coefficient (Wildman–Crippen LogP) is 5.19. The number of allylic oxidation sites excluding steroid dienone is 1. The number of alkyl halides is 4. The molecule has 1 aliphatic carbocycles. The van der Waals surface area contributed by atoms with Gasteiger partial charge in [0.1, 0.15) is 0 Å². The SMILES string of the molecule is FC1=C(F)C(F)(F)C(F)(F)c2cc3ccccc3cc21. The third-order valence-electron chi connectivity index (χ3n) is 3.32. The van der Waals surface area contributed by atoms with E-state index in [1.54, 1.807) is 6.07 Å². The van der Waals surface area contributed by atoms with E-state index in [0.717, 1.165) is 12.1 Å². The average Bonchev–Trinajstić information content (AvgIpc) is 2.42. The van der Waals surface area contributed by atoms with Crippen LogP contribution in [0.5, 0.6) is 0 Å². The fraction of sp³-hybridized carbons (Fsp3) is 0.143. The molecule has 6 heteroatoms. The van der Waals surface area contributed by atoms with Gasteiger partial charge in [-0.2, -0.15) is 17.6 Å². The van der Waals surface area contributed by atoms with Crippen LogP contribution in [0.4, 0.5) is 26.3 Å². The third-order valence-corrected chi connectivity index (χ3v) is 3.32. The third kappa shape index (κ3) is 1.44. The number of hydrogen-bond donors (Lipinski definition) is 0. The van der Waals surface area contributed by atoms with Crippen LogP contribution in [0.1, 0.15) is 11.1 Å². The first-order valence-corrected chi connectivity index (χ1v) is 5.62. The van der Waals surface area contributed by atoms with Crippen molar-refractivity contribution in [2.45, 2.75) is 11.8 Å². The average molecular weight is 288 g/mol. The van der Waals surface area contributed by atoms with Gasteiger partial charge < -0.3 is 0 Å². The normalized spacial score (nSPS) is 20.1. The number of benzene rings is 2. The van der Waals surface area contributed by atoms with E-state index in [4.69, 9.17) is 0 Å². The lowest BCUT2D eigenvalue weighted by Crippen LogP contribution is -2.42. The van der Waals surface area contributed by atoms with E-state index in [9.17, 15) is 26.3 Å². The van der Waals surface area contributed by atoms with Crippen molar-refractivity contribution >= 4 is 16.6 Å². The molecule has 3 rings (SSSR count). The van der Waals surface area contributed by atoms with Gasteiger partial charge in [0.15, 0.2) is 5.83 Å². The van der Waals surface area contributed by atoms with Gasteiger partial charge in [-0.1, -0.05) is 24.3 Å². The molecule has 104 valence electrons. The summed E-state index contributed by atoms with van der Waals surface area (Å²) in [5, 5.41) is 0.604. The molecule has 2 aromatic rings. The molecule has 0 unspecified atom stereocenters. The summed E-state index contributed by atoms with van der Waals surface area (Å²) in [5.74, 6) is -14.7. The van der Waals surface area contributed by atoms with Crippen LogP contribution >= 0.6 is 0 Å². The van der Waals surface area contributed by atoms with Crippen LogP contribution in [0.3, 0.4) is 0 Å². The summed E-state index contributed by atoms with van der Waals surface area (Å²) in [4.78, 5) is 0. The van der Waals surface area contributed by atoms with Crippen LogP contribution in [0.2, 0.25) is 0 Å². The first-order valence-electron chi connectivity index (χ1n) is 5.62. The molecule has 2 aromatic carbocycles. The van der Waals surface area contributed by atoms with Crippen LogP contribution in [0, 0.1) is 0 Å². The molecule has 0 saturated carbocycles. The predicted molar refractivity (Wildman–Crippen MR) is 61.9 cm³/mol. The second-order valence-electron chi connectivity index (χ2n) is 4.52. The van der Waals surface area contributed by atoms with Crippen LogP contribution in [0.15, 0.2) is 42.2 Å². The highest BCUT2D eigenvalue weighted by atomic mass is 19.3. The maximum atomic E-state index is 13.7. The summed E-state index contributed by atoms with van der Waals surface area (Å²) < 4.78 is 80.9. The minimum atomic E-state index is -5.19. The minimum absolute atomic E-state index is 0.247. The van der Waals surface area contributed by atoms with Gasteiger partial charge in [-0.15, -0.1) is 0 Å². The standard InChI is InChI=1S/C14H6F6/c15-11-9-5-7-3-1-2-4-8(7)6-10(9)13(17,18)14(19,20)12(11)16/h1-6H. The van der Waals surface area contributed by atoms with Crippen LogP contribution in [-0.4, -0.2) is 5.92 Å². The van der Waals surface area contributed by atoms with Gasteiger partial charge in [-0.05, 0) is 22.9 Å².